The van der Waals surface area contributed by atoms with Gasteiger partial charge in [-0.1, -0.05) is 34.1 Å². The number of hydrogen-bond acceptors (Lipinski definition) is 5. The van der Waals surface area contributed by atoms with E-state index in [4.69, 9.17) is 11.6 Å². The first kappa shape index (κ1) is 15.7. The van der Waals surface area contributed by atoms with E-state index >= 15 is 0 Å². The molecule has 2 aromatic rings. The third-order valence-electron chi connectivity index (χ3n) is 2.92. The van der Waals surface area contributed by atoms with E-state index in [1.54, 1.807) is 18.9 Å². The van der Waals surface area contributed by atoms with E-state index in [2.05, 4.69) is 25.9 Å². The SMILES string of the molecule is Cc1nc(Cl)nc(N(C)Cc2ccccc2Br)c1[N+](=O)[O-]. The van der Waals surface area contributed by atoms with Crippen LogP contribution in [0.1, 0.15) is 11.3 Å². The Labute approximate surface area is 135 Å². The van der Waals surface area contributed by atoms with Crippen molar-refractivity contribution in [3.8, 4) is 0 Å². The Kier molecular flexibility index (Phi) is 4.74. The maximum absolute atomic E-state index is 11.2. The van der Waals surface area contributed by atoms with E-state index in [1.807, 2.05) is 24.3 Å². The van der Waals surface area contributed by atoms with E-state index < -0.39 is 4.92 Å². The normalized spacial score (nSPS) is 10.5. The fourth-order valence-corrected chi connectivity index (χ4v) is 2.57. The third kappa shape index (κ3) is 3.48. The second-order valence-electron chi connectivity index (χ2n) is 4.45. The fraction of sp³-hybridized carbons (Fsp3) is 0.231. The Morgan fingerprint density at radius 1 is 1.38 bits per heavy atom. The molecule has 0 aliphatic heterocycles. The smallest absolute Gasteiger partial charge is 0.332 e. The van der Waals surface area contributed by atoms with Crippen molar-refractivity contribution in [3.05, 3.63) is 55.4 Å². The number of aromatic nitrogens is 2. The summed E-state index contributed by atoms with van der Waals surface area (Å²) in [5.41, 5.74) is 1.10. The number of benzene rings is 1. The first-order chi connectivity index (χ1) is 9.90. The van der Waals surface area contributed by atoms with Crippen molar-refractivity contribution in [3.63, 3.8) is 0 Å². The van der Waals surface area contributed by atoms with Crippen LogP contribution in [0.2, 0.25) is 5.28 Å². The molecule has 0 aliphatic carbocycles. The summed E-state index contributed by atoms with van der Waals surface area (Å²) in [7, 11) is 1.73. The lowest BCUT2D eigenvalue weighted by molar-refractivity contribution is -0.385. The number of anilines is 1. The van der Waals surface area contributed by atoms with Gasteiger partial charge in [0.2, 0.25) is 11.1 Å². The predicted octanol–water partition coefficient (Wildman–Crippen LogP) is 3.75. The first-order valence-corrected chi connectivity index (χ1v) is 7.20. The van der Waals surface area contributed by atoms with E-state index in [0.717, 1.165) is 10.0 Å². The van der Waals surface area contributed by atoms with Crippen LogP contribution < -0.4 is 4.90 Å². The summed E-state index contributed by atoms with van der Waals surface area (Å²) < 4.78 is 0.927. The number of halogens is 2. The predicted molar refractivity (Wildman–Crippen MR) is 84.7 cm³/mol. The van der Waals surface area contributed by atoms with Gasteiger partial charge in [0, 0.05) is 18.1 Å². The van der Waals surface area contributed by atoms with E-state index in [0.29, 0.717) is 6.54 Å². The minimum atomic E-state index is -0.489. The Morgan fingerprint density at radius 3 is 2.67 bits per heavy atom. The van der Waals surface area contributed by atoms with Gasteiger partial charge in [0.1, 0.15) is 5.69 Å². The van der Waals surface area contributed by atoms with E-state index in [1.165, 1.54) is 0 Å². The largest absolute Gasteiger partial charge is 0.349 e. The van der Waals surface area contributed by atoms with Crippen LogP contribution in [0.4, 0.5) is 11.5 Å². The summed E-state index contributed by atoms with van der Waals surface area (Å²) in [5, 5.41) is 11.2. The molecule has 0 unspecified atom stereocenters. The molecule has 21 heavy (non-hydrogen) atoms. The van der Waals surface area contributed by atoms with Crippen LogP contribution in [0.15, 0.2) is 28.7 Å². The lowest BCUT2D eigenvalue weighted by Crippen LogP contribution is -2.20. The van der Waals surface area contributed by atoms with Gasteiger partial charge in [0.05, 0.1) is 4.92 Å². The molecule has 6 nitrogen and oxygen atoms in total. The number of nitro groups is 1. The summed E-state index contributed by atoms with van der Waals surface area (Å²) in [6, 6.07) is 7.65. The molecule has 2 rings (SSSR count). The lowest BCUT2D eigenvalue weighted by atomic mass is 10.2. The highest BCUT2D eigenvalue weighted by molar-refractivity contribution is 9.10. The molecule has 0 bridgehead atoms. The summed E-state index contributed by atoms with van der Waals surface area (Å²) in [6.07, 6.45) is 0. The van der Waals surface area contributed by atoms with Crippen molar-refractivity contribution in [2.75, 3.05) is 11.9 Å². The maximum Gasteiger partial charge on any atom is 0.332 e. The Morgan fingerprint density at radius 2 is 2.05 bits per heavy atom. The van der Waals surface area contributed by atoms with Crippen molar-refractivity contribution in [1.29, 1.82) is 0 Å². The molecule has 1 heterocycles. The Balaban J connectivity index is 2.41. The number of hydrogen-bond donors (Lipinski definition) is 0. The average Bonchev–Trinajstić information content (AvgIpc) is 2.39. The molecule has 0 spiro atoms. The van der Waals surface area contributed by atoms with Gasteiger partial charge in [-0.15, -0.1) is 0 Å². The zero-order valence-corrected chi connectivity index (χ0v) is 13.7. The van der Waals surface area contributed by atoms with Gasteiger partial charge >= 0.3 is 5.69 Å². The molecule has 1 aromatic carbocycles. The van der Waals surface area contributed by atoms with Gasteiger partial charge in [-0.25, -0.2) is 4.98 Å². The third-order valence-corrected chi connectivity index (χ3v) is 3.86. The van der Waals surface area contributed by atoms with Crippen molar-refractivity contribution >= 4 is 39.0 Å². The summed E-state index contributed by atoms with van der Waals surface area (Å²) in [6.45, 7) is 2.00. The van der Waals surface area contributed by atoms with E-state index in [9.17, 15) is 10.1 Å². The summed E-state index contributed by atoms with van der Waals surface area (Å²) in [5.74, 6) is 0.202. The molecule has 0 radical (unpaired) electrons. The van der Waals surface area contributed by atoms with Gasteiger partial charge < -0.3 is 4.90 Å². The fourth-order valence-electron chi connectivity index (χ4n) is 1.96. The molecule has 110 valence electrons. The second kappa shape index (κ2) is 6.36. The van der Waals surface area contributed by atoms with Crippen LogP contribution in [0, 0.1) is 17.0 Å². The lowest BCUT2D eigenvalue weighted by Gasteiger charge is -2.19. The quantitative estimate of drug-likeness (QED) is 0.465. The molecule has 1 aromatic heterocycles. The highest BCUT2D eigenvalue weighted by Gasteiger charge is 2.24. The van der Waals surface area contributed by atoms with Crippen LogP contribution in [-0.4, -0.2) is 21.9 Å². The standard InChI is InChI=1S/C13H12BrClN4O2/c1-8-11(19(20)21)12(17-13(15)16-8)18(2)7-9-5-3-4-6-10(9)14/h3-6H,7H2,1-2H3. The zero-order valence-electron chi connectivity index (χ0n) is 11.4. The molecule has 8 heteroatoms. The average molecular weight is 372 g/mol. The van der Waals surface area contributed by atoms with Crippen molar-refractivity contribution in [1.82, 2.24) is 9.97 Å². The van der Waals surface area contributed by atoms with Crippen LogP contribution in [0.25, 0.3) is 0 Å². The minimum Gasteiger partial charge on any atom is -0.349 e. The monoisotopic (exact) mass is 370 g/mol. The molecule has 0 atom stereocenters. The minimum absolute atomic E-state index is 0.00734. The van der Waals surface area contributed by atoms with Crippen molar-refractivity contribution < 1.29 is 4.92 Å². The molecular weight excluding hydrogens is 360 g/mol. The van der Waals surface area contributed by atoms with Gasteiger partial charge in [-0.3, -0.25) is 10.1 Å². The molecule has 0 amide bonds. The highest BCUT2D eigenvalue weighted by Crippen LogP contribution is 2.30. The number of aryl methyl sites for hydroxylation is 1. The van der Waals surface area contributed by atoms with Crippen molar-refractivity contribution in [2.24, 2.45) is 0 Å². The van der Waals surface area contributed by atoms with Crippen LogP contribution >= 0.6 is 27.5 Å². The number of nitrogens with zero attached hydrogens (tertiary/aromatic N) is 4. The molecule has 0 aliphatic rings. The molecule has 0 saturated heterocycles. The zero-order chi connectivity index (χ0) is 15.6. The van der Waals surface area contributed by atoms with Gasteiger partial charge in [0.15, 0.2) is 0 Å². The Bertz CT molecular complexity index is 696. The topological polar surface area (TPSA) is 72.2 Å². The summed E-state index contributed by atoms with van der Waals surface area (Å²) in [4.78, 5) is 20.3. The highest BCUT2D eigenvalue weighted by atomic mass is 79.9. The molecule has 0 fully saturated rings. The Hall–Kier alpha value is -1.73. The van der Waals surface area contributed by atoms with Gasteiger partial charge in [-0.2, -0.15) is 4.98 Å². The van der Waals surface area contributed by atoms with Crippen LogP contribution in [0.3, 0.4) is 0 Å². The second-order valence-corrected chi connectivity index (χ2v) is 5.65. The van der Waals surface area contributed by atoms with Crippen LogP contribution in [0.5, 0.6) is 0 Å². The molecule has 0 N–H and O–H groups in total. The maximum atomic E-state index is 11.2. The van der Waals surface area contributed by atoms with Gasteiger partial charge in [0.25, 0.3) is 0 Å². The molecular formula is C13H12BrClN4O2. The van der Waals surface area contributed by atoms with Crippen LogP contribution in [-0.2, 0) is 6.54 Å². The van der Waals surface area contributed by atoms with Gasteiger partial charge in [-0.05, 0) is 30.2 Å². The van der Waals surface area contributed by atoms with E-state index in [-0.39, 0.29) is 22.5 Å². The van der Waals surface area contributed by atoms with Crippen molar-refractivity contribution in [2.45, 2.75) is 13.5 Å². The molecule has 0 saturated carbocycles. The number of rotatable bonds is 4. The summed E-state index contributed by atoms with van der Waals surface area (Å²) >= 11 is 9.28. The first-order valence-electron chi connectivity index (χ1n) is 6.03.